The summed E-state index contributed by atoms with van der Waals surface area (Å²) in [6.07, 6.45) is 1.15. The van der Waals surface area contributed by atoms with Crippen molar-refractivity contribution in [1.29, 1.82) is 0 Å². The van der Waals surface area contributed by atoms with Crippen LogP contribution < -0.4 is 0 Å². The van der Waals surface area contributed by atoms with Crippen LogP contribution in [0.2, 0.25) is 0 Å². The minimum absolute atomic E-state index is 0.594. The lowest BCUT2D eigenvalue weighted by atomic mass is 9.77. The summed E-state index contributed by atoms with van der Waals surface area (Å²) in [5.41, 5.74) is 5.85. The van der Waals surface area contributed by atoms with E-state index in [0.29, 0.717) is 5.92 Å². The summed E-state index contributed by atoms with van der Waals surface area (Å²) in [7, 11) is 0. The van der Waals surface area contributed by atoms with Gasteiger partial charge in [0.2, 0.25) is 0 Å². The highest BCUT2D eigenvalue weighted by molar-refractivity contribution is 5.93. The van der Waals surface area contributed by atoms with Crippen molar-refractivity contribution in [2.24, 2.45) is 0 Å². The maximum Gasteiger partial charge on any atom is -0.0137 e. The van der Waals surface area contributed by atoms with Gasteiger partial charge in [-0.3, -0.25) is 0 Å². The average molecular weight is 244 g/mol. The monoisotopic (exact) mass is 244 g/mol. The van der Waals surface area contributed by atoms with Gasteiger partial charge in [-0.2, -0.15) is 0 Å². The Kier molecular flexibility index (Phi) is 2.25. The van der Waals surface area contributed by atoms with E-state index in [-0.39, 0.29) is 0 Å². The van der Waals surface area contributed by atoms with Gasteiger partial charge in [-0.05, 0) is 45.4 Å². The van der Waals surface area contributed by atoms with Crippen molar-refractivity contribution in [3.63, 3.8) is 0 Å². The maximum atomic E-state index is 2.35. The first-order chi connectivity index (χ1) is 9.34. The van der Waals surface area contributed by atoms with E-state index in [1.807, 2.05) is 0 Å². The SMILES string of the molecule is C[C@H]1Cc2ccccc2-c2ccc3ccccc3c21. The lowest BCUT2D eigenvalue weighted by Crippen LogP contribution is -2.08. The van der Waals surface area contributed by atoms with E-state index in [1.54, 1.807) is 0 Å². The molecule has 0 spiro atoms. The molecule has 0 saturated carbocycles. The molecule has 0 radical (unpaired) electrons. The van der Waals surface area contributed by atoms with E-state index < -0.39 is 0 Å². The zero-order chi connectivity index (χ0) is 12.8. The van der Waals surface area contributed by atoms with E-state index in [1.165, 1.54) is 33.0 Å². The molecule has 92 valence electrons. The van der Waals surface area contributed by atoms with Crippen LogP contribution in [0.5, 0.6) is 0 Å². The summed E-state index contributed by atoms with van der Waals surface area (Å²) in [5.74, 6) is 0.594. The van der Waals surface area contributed by atoms with Crippen molar-refractivity contribution < 1.29 is 0 Å². The van der Waals surface area contributed by atoms with Crippen molar-refractivity contribution in [1.82, 2.24) is 0 Å². The molecule has 3 aromatic rings. The summed E-state index contributed by atoms with van der Waals surface area (Å²) in [5, 5.41) is 2.77. The van der Waals surface area contributed by atoms with Crippen LogP contribution in [0, 0.1) is 0 Å². The zero-order valence-electron chi connectivity index (χ0n) is 11.1. The highest BCUT2D eigenvalue weighted by atomic mass is 14.3. The van der Waals surface area contributed by atoms with Crippen molar-refractivity contribution in [2.75, 3.05) is 0 Å². The fraction of sp³-hybridized carbons (Fsp3) is 0.158. The maximum absolute atomic E-state index is 2.35. The molecule has 0 nitrogen and oxygen atoms in total. The molecule has 0 aliphatic heterocycles. The molecule has 0 unspecified atom stereocenters. The van der Waals surface area contributed by atoms with Gasteiger partial charge in [0.25, 0.3) is 0 Å². The molecule has 3 aromatic carbocycles. The van der Waals surface area contributed by atoms with Crippen molar-refractivity contribution >= 4 is 10.8 Å². The van der Waals surface area contributed by atoms with Gasteiger partial charge in [-0.25, -0.2) is 0 Å². The van der Waals surface area contributed by atoms with E-state index in [9.17, 15) is 0 Å². The second-order valence-electron chi connectivity index (χ2n) is 5.51. The Labute approximate surface area is 113 Å². The Morgan fingerprint density at radius 1 is 0.789 bits per heavy atom. The molecule has 0 aromatic heterocycles. The summed E-state index contributed by atoms with van der Waals surface area (Å²) in [6.45, 7) is 2.35. The third-order valence-electron chi connectivity index (χ3n) is 4.30. The first-order valence-electron chi connectivity index (χ1n) is 6.94. The molecular formula is C19H16. The summed E-state index contributed by atoms with van der Waals surface area (Å²) in [6, 6.07) is 22.1. The Balaban J connectivity index is 2.12. The molecule has 0 bridgehead atoms. The lowest BCUT2D eigenvalue weighted by molar-refractivity contribution is 0.756. The Morgan fingerprint density at radius 3 is 2.53 bits per heavy atom. The zero-order valence-corrected chi connectivity index (χ0v) is 11.1. The molecule has 0 fully saturated rings. The predicted molar refractivity (Wildman–Crippen MR) is 81.5 cm³/mol. The number of hydrogen-bond acceptors (Lipinski definition) is 0. The third kappa shape index (κ3) is 1.53. The van der Waals surface area contributed by atoms with Gasteiger partial charge >= 0.3 is 0 Å². The standard InChI is InChI=1S/C19H16/c1-13-12-15-7-3-4-8-16(15)18-11-10-14-6-2-5-9-17(14)19(13)18/h2-11,13H,12H2,1H3/t13-/m0/s1. The van der Waals surface area contributed by atoms with Gasteiger partial charge in [0.1, 0.15) is 0 Å². The number of rotatable bonds is 0. The molecule has 0 saturated heterocycles. The number of fused-ring (bicyclic) bond motifs is 5. The largest absolute Gasteiger partial charge is 0.0620 e. The van der Waals surface area contributed by atoms with Gasteiger partial charge in [0, 0.05) is 0 Å². The van der Waals surface area contributed by atoms with Crippen LogP contribution in [0.4, 0.5) is 0 Å². The van der Waals surface area contributed by atoms with E-state index in [0.717, 1.165) is 6.42 Å². The van der Waals surface area contributed by atoms with Crippen molar-refractivity contribution in [3.8, 4) is 11.1 Å². The van der Waals surface area contributed by atoms with Crippen LogP contribution in [-0.4, -0.2) is 0 Å². The number of benzene rings is 3. The fourth-order valence-corrected chi connectivity index (χ4v) is 3.45. The van der Waals surface area contributed by atoms with Gasteiger partial charge in [-0.1, -0.05) is 67.6 Å². The second-order valence-corrected chi connectivity index (χ2v) is 5.51. The summed E-state index contributed by atoms with van der Waals surface area (Å²) < 4.78 is 0. The van der Waals surface area contributed by atoms with Crippen LogP contribution in [0.1, 0.15) is 24.0 Å². The van der Waals surface area contributed by atoms with Crippen LogP contribution in [0.15, 0.2) is 60.7 Å². The summed E-state index contributed by atoms with van der Waals surface area (Å²) >= 11 is 0. The molecule has 0 amide bonds. The van der Waals surface area contributed by atoms with E-state index >= 15 is 0 Å². The van der Waals surface area contributed by atoms with Crippen molar-refractivity contribution in [3.05, 3.63) is 71.8 Å². The third-order valence-corrected chi connectivity index (χ3v) is 4.30. The molecule has 0 heterocycles. The predicted octanol–water partition coefficient (Wildman–Crippen LogP) is 5.17. The second kappa shape index (κ2) is 3.96. The quantitative estimate of drug-likeness (QED) is 0.512. The topological polar surface area (TPSA) is 0 Å². The molecule has 0 heteroatoms. The van der Waals surface area contributed by atoms with Crippen LogP contribution >= 0.6 is 0 Å². The normalized spacial score (nSPS) is 17.0. The minimum atomic E-state index is 0.594. The molecule has 1 aliphatic rings. The average Bonchev–Trinajstić information content (AvgIpc) is 2.46. The van der Waals surface area contributed by atoms with Crippen LogP contribution in [-0.2, 0) is 6.42 Å². The van der Waals surface area contributed by atoms with E-state index in [2.05, 4.69) is 67.6 Å². The molecule has 0 N–H and O–H groups in total. The lowest BCUT2D eigenvalue weighted by Gasteiger charge is -2.26. The van der Waals surface area contributed by atoms with Gasteiger partial charge in [-0.15, -0.1) is 0 Å². The first-order valence-corrected chi connectivity index (χ1v) is 6.94. The minimum Gasteiger partial charge on any atom is -0.0620 e. The summed E-state index contributed by atoms with van der Waals surface area (Å²) in [4.78, 5) is 0. The molecule has 19 heavy (non-hydrogen) atoms. The Bertz CT molecular complexity index is 768. The van der Waals surface area contributed by atoms with Gasteiger partial charge < -0.3 is 0 Å². The van der Waals surface area contributed by atoms with E-state index in [4.69, 9.17) is 0 Å². The highest BCUT2D eigenvalue weighted by Crippen LogP contribution is 2.42. The Morgan fingerprint density at radius 2 is 1.58 bits per heavy atom. The molecule has 4 rings (SSSR count). The fourth-order valence-electron chi connectivity index (χ4n) is 3.45. The molecular weight excluding hydrogens is 228 g/mol. The smallest absolute Gasteiger partial charge is 0.0137 e. The first kappa shape index (κ1) is 10.8. The van der Waals surface area contributed by atoms with Gasteiger partial charge in [0.05, 0.1) is 0 Å². The van der Waals surface area contributed by atoms with Gasteiger partial charge in [0.15, 0.2) is 0 Å². The van der Waals surface area contributed by atoms with Crippen LogP contribution in [0.3, 0.4) is 0 Å². The van der Waals surface area contributed by atoms with Crippen LogP contribution in [0.25, 0.3) is 21.9 Å². The highest BCUT2D eigenvalue weighted by Gasteiger charge is 2.22. The molecule has 1 aliphatic carbocycles. The number of hydrogen-bond donors (Lipinski definition) is 0. The molecule has 1 atom stereocenters. The Hall–Kier alpha value is -2.08. The van der Waals surface area contributed by atoms with Crippen molar-refractivity contribution in [2.45, 2.75) is 19.3 Å².